The Labute approximate surface area is 203 Å². The van der Waals surface area contributed by atoms with Crippen LogP contribution in [0, 0.1) is 0 Å². The Kier molecular flexibility index (Phi) is 7.42. The molecule has 1 aliphatic heterocycles. The molecule has 1 aliphatic rings. The third-order valence-electron chi connectivity index (χ3n) is 5.45. The lowest BCUT2D eigenvalue weighted by Crippen LogP contribution is -2.49. The summed E-state index contributed by atoms with van der Waals surface area (Å²) in [6, 6.07) is 24.9. The number of rotatable bonds is 9. The van der Waals surface area contributed by atoms with Crippen LogP contribution in [0.15, 0.2) is 84.9 Å². The van der Waals surface area contributed by atoms with Crippen LogP contribution in [0.5, 0.6) is 11.5 Å². The molecule has 3 aromatic rings. The Hall–Kier alpha value is -4.17. The number of ether oxygens (including phenoxy) is 2. The maximum Gasteiger partial charge on any atom is 0.256 e. The van der Waals surface area contributed by atoms with E-state index in [0.29, 0.717) is 23.6 Å². The molecule has 1 heterocycles. The fourth-order valence-corrected chi connectivity index (χ4v) is 3.57. The van der Waals surface area contributed by atoms with Crippen molar-refractivity contribution in [3.05, 3.63) is 90.5 Å². The quantitative estimate of drug-likeness (QED) is 0.466. The summed E-state index contributed by atoms with van der Waals surface area (Å²) in [6.45, 7) is 0. The molecule has 0 aliphatic carbocycles. The standard InChI is InChI=1S/C27H27N3O5/c1-30(2)27(33)22(17-18-9-5-3-6-10-18)29-26(32)24-23(35-24)25(31)28-19-13-15-21(16-14-19)34-20-11-7-4-8-12-20/h3-16,22-24H,17H2,1-2H3,(H,28,31)(H,29,32)/t22-,23-,24-/m0/s1. The van der Waals surface area contributed by atoms with E-state index < -0.39 is 30.1 Å². The van der Waals surface area contributed by atoms with Gasteiger partial charge >= 0.3 is 0 Å². The van der Waals surface area contributed by atoms with Crippen LogP contribution in [0.25, 0.3) is 0 Å². The summed E-state index contributed by atoms with van der Waals surface area (Å²) in [5, 5.41) is 5.48. The van der Waals surface area contributed by atoms with Gasteiger partial charge in [-0.25, -0.2) is 0 Å². The normalized spacial score (nSPS) is 17.1. The van der Waals surface area contributed by atoms with Crippen LogP contribution < -0.4 is 15.4 Å². The number of epoxide rings is 1. The molecule has 0 spiro atoms. The minimum absolute atomic E-state index is 0.235. The SMILES string of the molecule is CN(C)C(=O)[C@H](Cc1ccccc1)NC(=O)[C@H]1O[C@@H]1C(=O)Nc1ccc(Oc2ccccc2)cc1. The molecule has 0 saturated carbocycles. The highest BCUT2D eigenvalue weighted by Gasteiger charge is 2.51. The Balaban J connectivity index is 1.31. The highest BCUT2D eigenvalue weighted by Crippen LogP contribution is 2.26. The molecule has 1 fully saturated rings. The van der Waals surface area contributed by atoms with Crippen molar-refractivity contribution in [3.63, 3.8) is 0 Å². The Morgan fingerprint density at radius 2 is 1.40 bits per heavy atom. The summed E-state index contributed by atoms with van der Waals surface area (Å²) in [4.78, 5) is 39.3. The van der Waals surface area contributed by atoms with E-state index in [9.17, 15) is 14.4 Å². The second-order valence-corrected chi connectivity index (χ2v) is 8.39. The van der Waals surface area contributed by atoms with Gasteiger partial charge in [-0.05, 0) is 42.0 Å². The van der Waals surface area contributed by atoms with E-state index in [1.54, 1.807) is 38.4 Å². The Bertz CT molecular complexity index is 1170. The van der Waals surface area contributed by atoms with E-state index in [1.165, 1.54) is 4.90 Å². The van der Waals surface area contributed by atoms with Gasteiger partial charge in [-0.15, -0.1) is 0 Å². The fraction of sp³-hybridized carbons (Fsp3) is 0.222. The van der Waals surface area contributed by atoms with Crippen LogP contribution in [0.4, 0.5) is 5.69 Å². The lowest BCUT2D eigenvalue weighted by atomic mass is 10.0. The van der Waals surface area contributed by atoms with E-state index in [1.807, 2.05) is 60.7 Å². The lowest BCUT2D eigenvalue weighted by Gasteiger charge is -2.21. The van der Waals surface area contributed by atoms with Crippen LogP contribution in [0.1, 0.15) is 5.56 Å². The van der Waals surface area contributed by atoms with Crippen LogP contribution in [-0.2, 0) is 25.5 Å². The minimum atomic E-state index is -0.941. The monoisotopic (exact) mass is 473 g/mol. The van der Waals surface area contributed by atoms with E-state index in [4.69, 9.17) is 9.47 Å². The number of para-hydroxylation sites is 1. The van der Waals surface area contributed by atoms with Crippen molar-refractivity contribution in [2.75, 3.05) is 19.4 Å². The molecule has 0 aromatic heterocycles. The van der Waals surface area contributed by atoms with Gasteiger partial charge in [-0.3, -0.25) is 14.4 Å². The van der Waals surface area contributed by atoms with Crippen molar-refractivity contribution in [2.24, 2.45) is 0 Å². The van der Waals surface area contributed by atoms with Gasteiger partial charge in [-0.1, -0.05) is 48.5 Å². The summed E-state index contributed by atoms with van der Waals surface area (Å²) >= 11 is 0. The topological polar surface area (TPSA) is 100 Å². The Morgan fingerprint density at radius 1 is 0.829 bits per heavy atom. The number of carbonyl (C=O) groups excluding carboxylic acids is 3. The molecule has 3 atom stereocenters. The molecule has 3 amide bonds. The smallest absolute Gasteiger partial charge is 0.256 e. The molecule has 35 heavy (non-hydrogen) atoms. The number of benzene rings is 3. The van der Waals surface area contributed by atoms with E-state index >= 15 is 0 Å². The molecule has 3 aromatic carbocycles. The van der Waals surface area contributed by atoms with Gasteiger partial charge in [0, 0.05) is 26.2 Å². The maximum atomic E-state index is 12.7. The molecule has 8 nitrogen and oxygen atoms in total. The van der Waals surface area contributed by atoms with Crippen molar-refractivity contribution in [1.82, 2.24) is 10.2 Å². The molecule has 2 N–H and O–H groups in total. The predicted molar refractivity (Wildman–Crippen MR) is 131 cm³/mol. The molecular weight excluding hydrogens is 446 g/mol. The van der Waals surface area contributed by atoms with Crippen molar-refractivity contribution in [1.29, 1.82) is 0 Å². The number of anilines is 1. The first-order valence-corrected chi connectivity index (χ1v) is 11.3. The van der Waals surface area contributed by atoms with Crippen LogP contribution in [0.2, 0.25) is 0 Å². The number of nitrogens with zero attached hydrogens (tertiary/aromatic N) is 1. The molecule has 0 radical (unpaired) electrons. The number of carbonyl (C=O) groups is 3. The van der Waals surface area contributed by atoms with Crippen molar-refractivity contribution < 1.29 is 23.9 Å². The van der Waals surface area contributed by atoms with Gasteiger partial charge in [0.1, 0.15) is 17.5 Å². The number of likely N-dealkylation sites (N-methyl/N-ethyl adjacent to an activating group) is 1. The van der Waals surface area contributed by atoms with E-state index in [2.05, 4.69) is 10.6 Å². The second-order valence-electron chi connectivity index (χ2n) is 8.39. The number of hydrogen-bond donors (Lipinski definition) is 2. The second kappa shape index (κ2) is 10.8. The predicted octanol–water partition coefficient (Wildman–Crippen LogP) is 3.00. The minimum Gasteiger partial charge on any atom is -0.457 e. The molecular formula is C27H27N3O5. The van der Waals surface area contributed by atoms with Gasteiger partial charge in [0.2, 0.25) is 5.91 Å². The van der Waals surface area contributed by atoms with Crippen molar-refractivity contribution in [2.45, 2.75) is 24.7 Å². The summed E-state index contributed by atoms with van der Waals surface area (Å²) in [5.41, 5.74) is 1.47. The number of amides is 3. The van der Waals surface area contributed by atoms with Gasteiger partial charge < -0.3 is 25.0 Å². The first-order valence-electron chi connectivity index (χ1n) is 11.3. The molecule has 180 valence electrons. The largest absolute Gasteiger partial charge is 0.457 e. The maximum absolute atomic E-state index is 12.7. The molecule has 4 rings (SSSR count). The summed E-state index contributed by atoms with van der Waals surface area (Å²) in [5.74, 6) is 0.182. The van der Waals surface area contributed by atoms with E-state index in [0.717, 1.165) is 5.56 Å². The third-order valence-corrected chi connectivity index (χ3v) is 5.45. The lowest BCUT2D eigenvalue weighted by molar-refractivity contribution is -0.134. The molecule has 0 unspecified atom stereocenters. The molecule has 8 heteroatoms. The number of hydrogen-bond acceptors (Lipinski definition) is 5. The molecule has 0 bridgehead atoms. The van der Waals surface area contributed by atoms with Crippen molar-refractivity contribution in [3.8, 4) is 11.5 Å². The van der Waals surface area contributed by atoms with E-state index in [-0.39, 0.29) is 5.91 Å². The summed E-state index contributed by atoms with van der Waals surface area (Å²) in [7, 11) is 3.26. The highest BCUT2D eigenvalue weighted by molar-refractivity contribution is 6.02. The zero-order valence-electron chi connectivity index (χ0n) is 19.5. The average Bonchev–Trinajstić information content (AvgIpc) is 3.67. The molecule has 1 saturated heterocycles. The summed E-state index contributed by atoms with van der Waals surface area (Å²) in [6.07, 6.45) is -1.52. The highest BCUT2D eigenvalue weighted by atomic mass is 16.6. The first-order chi connectivity index (χ1) is 16.9. The zero-order valence-corrected chi connectivity index (χ0v) is 19.5. The zero-order chi connectivity index (χ0) is 24.8. The van der Waals surface area contributed by atoms with Crippen molar-refractivity contribution >= 4 is 23.4 Å². The summed E-state index contributed by atoms with van der Waals surface area (Å²) < 4.78 is 11.1. The third kappa shape index (κ3) is 6.45. The van der Waals surface area contributed by atoms with Gasteiger partial charge in [0.15, 0.2) is 12.2 Å². The van der Waals surface area contributed by atoms with Gasteiger partial charge in [0.25, 0.3) is 11.8 Å². The van der Waals surface area contributed by atoms with Gasteiger partial charge in [-0.2, -0.15) is 0 Å². The number of nitrogens with one attached hydrogen (secondary N) is 2. The van der Waals surface area contributed by atoms with Crippen LogP contribution >= 0.6 is 0 Å². The van der Waals surface area contributed by atoms with Crippen LogP contribution in [0.3, 0.4) is 0 Å². The fourth-order valence-electron chi connectivity index (χ4n) is 3.57. The van der Waals surface area contributed by atoms with Gasteiger partial charge in [0.05, 0.1) is 0 Å². The average molecular weight is 474 g/mol. The van der Waals surface area contributed by atoms with Crippen LogP contribution in [-0.4, -0.2) is 55.0 Å². The first kappa shape index (κ1) is 24.0. The Morgan fingerprint density at radius 3 is 2.03 bits per heavy atom.